The molecule has 0 aliphatic heterocycles. The van der Waals surface area contributed by atoms with Gasteiger partial charge in [-0.05, 0) is 49.4 Å². The molecule has 0 amide bonds. The van der Waals surface area contributed by atoms with E-state index in [1.165, 1.54) is 24.8 Å². The number of aliphatic carboxylic acids is 1. The normalized spacial score (nSPS) is 12.7. The van der Waals surface area contributed by atoms with Crippen LogP contribution in [-0.2, 0) is 11.0 Å². The van der Waals surface area contributed by atoms with Gasteiger partial charge in [0.15, 0.2) is 6.10 Å². The van der Waals surface area contributed by atoms with E-state index in [1.807, 2.05) is 0 Å². The van der Waals surface area contributed by atoms with Gasteiger partial charge >= 0.3 is 12.1 Å². The van der Waals surface area contributed by atoms with Crippen LogP contribution in [0.4, 0.5) is 13.2 Å². The molecule has 0 aliphatic carbocycles. The number of carboxylic acid groups (broad SMARTS) is 1. The minimum Gasteiger partial charge on any atom is -0.479 e. The predicted octanol–water partition coefficient (Wildman–Crippen LogP) is 5.36. The molecule has 0 saturated carbocycles. The topological polar surface area (TPSA) is 46.5 Å². The Morgan fingerprint density at radius 3 is 2.33 bits per heavy atom. The van der Waals surface area contributed by atoms with Crippen LogP contribution >= 0.6 is 23.4 Å². The minimum atomic E-state index is -4.44. The average molecular weight is 377 g/mol. The van der Waals surface area contributed by atoms with E-state index < -0.39 is 23.8 Å². The average Bonchev–Trinajstić information content (AvgIpc) is 2.50. The summed E-state index contributed by atoms with van der Waals surface area (Å²) in [5.41, 5.74) is -0.803. The van der Waals surface area contributed by atoms with Crippen LogP contribution in [0, 0.1) is 0 Å². The number of alkyl halides is 3. The van der Waals surface area contributed by atoms with Crippen LogP contribution < -0.4 is 4.74 Å². The fourth-order valence-corrected chi connectivity index (χ4v) is 2.84. The Labute approximate surface area is 145 Å². The summed E-state index contributed by atoms with van der Waals surface area (Å²) in [5, 5.41) is 8.79. The fourth-order valence-electron chi connectivity index (χ4n) is 1.73. The maximum atomic E-state index is 12.6. The molecule has 0 bridgehead atoms. The fraction of sp³-hybridized carbons (Fsp3) is 0.188. The molecule has 24 heavy (non-hydrogen) atoms. The van der Waals surface area contributed by atoms with Crippen LogP contribution in [0.2, 0.25) is 5.02 Å². The molecule has 1 atom stereocenters. The highest BCUT2D eigenvalue weighted by Crippen LogP contribution is 2.38. The van der Waals surface area contributed by atoms with Crippen LogP contribution in [0.1, 0.15) is 12.5 Å². The molecule has 0 spiro atoms. The number of ether oxygens (including phenoxy) is 1. The van der Waals surface area contributed by atoms with E-state index in [0.717, 1.165) is 17.0 Å². The van der Waals surface area contributed by atoms with Crippen LogP contribution in [-0.4, -0.2) is 17.2 Å². The minimum absolute atomic E-state index is 0.00894. The summed E-state index contributed by atoms with van der Waals surface area (Å²) in [6.07, 6.45) is -5.42. The summed E-state index contributed by atoms with van der Waals surface area (Å²) < 4.78 is 43.0. The summed E-state index contributed by atoms with van der Waals surface area (Å²) in [7, 11) is 0. The molecule has 0 saturated heterocycles. The lowest BCUT2D eigenvalue weighted by atomic mass is 10.2. The van der Waals surface area contributed by atoms with Gasteiger partial charge in [-0.25, -0.2) is 4.79 Å². The molecule has 0 radical (unpaired) electrons. The zero-order valence-corrected chi connectivity index (χ0v) is 13.9. The smallest absolute Gasteiger partial charge is 0.416 e. The van der Waals surface area contributed by atoms with Crippen molar-refractivity contribution in [2.45, 2.75) is 29.0 Å². The van der Waals surface area contributed by atoms with Gasteiger partial charge in [0.05, 0.1) is 10.6 Å². The zero-order chi connectivity index (χ0) is 17.9. The predicted molar refractivity (Wildman–Crippen MR) is 84.7 cm³/mol. The first kappa shape index (κ1) is 18.5. The van der Waals surface area contributed by atoms with Crippen molar-refractivity contribution in [2.24, 2.45) is 0 Å². The summed E-state index contributed by atoms with van der Waals surface area (Å²) in [6.45, 7) is 1.41. The highest BCUT2D eigenvalue weighted by atomic mass is 35.5. The van der Waals surface area contributed by atoms with Gasteiger partial charge in [-0.1, -0.05) is 23.4 Å². The summed E-state index contributed by atoms with van der Waals surface area (Å²) in [6, 6.07) is 9.67. The van der Waals surface area contributed by atoms with E-state index in [2.05, 4.69) is 0 Å². The van der Waals surface area contributed by atoms with E-state index >= 15 is 0 Å². The third-order valence-corrected chi connectivity index (χ3v) is 4.48. The number of hydrogen-bond donors (Lipinski definition) is 1. The van der Waals surface area contributed by atoms with Crippen molar-refractivity contribution >= 4 is 29.3 Å². The van der Waals surface area contributed by atoms with E-state index in [-0.39, 0.29) is 5.02 Å². The second-order valence-electron chi connectivity index (χ2n) is 4.81. The highest BCUT2D eigenvalue weighted by molar-refractivity contribution is 7.99. The van der Waals surface area contributed by atoms with Gasteiger partial charge in [0.1, 0.15) is 5.75 Å². The van der Waals surface area contributed by atoms with Gasteiger partial charge < -0.3 is 9.84 Å². The Hall–Kier alpha value is -1.86. The Balaban J connectivity index is 2.10. The van der Waals surface area contributed by atoms with Gasteiger partial charge in [0.2, 0.25) is 0 Å². The largest absolute Gasteiger partial charge is 0.479 e. The number of halogens is 4. The van der Waals surface area contributed by atoms with Crippen molar-refractivity contribution in [1.29, 1.82) is 0 Å². The third kappa shape index (κ3) is 4.82. The molecule has 2 aromatic rings. The van der Waals surface area contributed by atoms with E-state index in [1.54, 1.807) is 24.3 Å². The molecule has 8 heteroatoms. The molecule has 0 aromatic heterocycles. The zero-order valence-electron chi connectivity index (χ0n) is 12.3. The molecule has 2 rings (SSSR count). The number of benzene rings is 2. The molecular formula is C16H12ClF3O3S. The quantitative estimate of drug-likeness (QED) is 0.762. The summed E-state index contributed by atoms with van der Waals surface area (Å²) >= 11 is 7.11. The molecular weight excluding hydrogens is 365 g/mol. The van der Waals surface area contributed by atoms with Crippen LogP contribution in [0.15, 0.2) is 52.3 Å². The maximum absolute atomic E-state index is 12.6. The summed E-state index contributed by atoms with van der Waals surface area (Å²) in [4.78, 5) is 11.9. The van der Waals surface area contributed by atoms with Gasteiger partial charge in [0, 0.05) is 9.79 Å². The Morgan fingerprint density at radius 2 is 1.83 bits per heavy atom. The Bertz CT molecular complexity index is 732. The second-order valence-corrected chi connectivity index (χ2v) is 6.34. The van der Waals surface area contributed by atoms with Crippen molar-refractivity contribution in [3.8, 4) is 5.75 Å². The number of hydrogen-bond acceptors (Lipinski definition) is 3. The third-order valence-electron chi connectivity index (χ3n) is 2.97. The Kier molecular flexibility index (Phi) is 5.66. The number of carboxylic acids is 1. The monoisotopic (exact) mass is 376 g/mol. The first-order valence-electron chi connectivity index (χ1n) is 6.71. The lowest BCUT2D eigenvalue weighted by molar-refractivity contribution is -0.144. The Morgan fingerprint density at radius 1 is 1.21 bits per heavy atom. The van der Waals surface area contributed by atoms with Crippen molar-refractivity contribution in [3.05, 3.63) is 53.1 Å². The number of carbonyl (C=O) groups is 1. The first-order valence-corrected chi connectivity index (χ1v) is 7.90. The maximum Gasteiger partial charge on any atom is 0.416 e. The molecule has 128 valence electrons. The molecule has 1 N–H and O–H groups in total. The van der Waals surface area contributed by atoms with E-state index in [9.17, 15) is 18.0 Å². The molecule has 0 heterocycles. The molecule has 2 aromatic carbocycles. The van der Waals surface area contributed by atoms with Gasteiger partial charge in [-0.3, -0.25) is 0 Å². The van der Waals surface area contributed by atoms with Crippen LogP contribution in [0.5, 0.6) is 5.75 Å². The van der Waals surface area contributed by atoms with E-state index in [0.29, 0.717) is 10.6 Å². The van der Waals surface area contributed by atoms with Crippen molar-refractivity contribution < 1.29 is 27.8 Å². The van der Waals surface area contributed by atoms with Gasteiger partial charge in [-0.2, -0.15) is 13.2 Å². The van der Waals surface area contributed by atoms with Crippen LogP contribution in [0.25, 0.3) is 0 Å². The highest BCUT2D eigenvalue weighted by Gasteiger charge is 2.30. The standard InChI is InChI=1S/C16H12ClF3O3S/c1-9(15(21)22)23-11-3-5-12(6-4-11)24-14-7-2-10(8-13(14)17)16(18,19)20/h2-9H,1H3,(H,21,22). The number of rotatable bonds is 5. The van der Waals surface area contributed by atoms with Crippen molar-refractivity contribution in [2.75, 3.05) is 0 Å². The SMILES string of the molecule is CC(Oc1ccc(Sc2ccc(C(F)(F)F)cc2Cl)cc1)C(=O)O. The van der Waals surface area contributed by atoms with Gasteiger partial charge in [-0.15, -0.1) is 0 Å². The lowest BCUT2D eigenvalue weighted by Gasteiger charge is -2.11. The summed E-state index contributed by atoms with van der Waals surface area (Å²) in [5.74, 6) is -0.697. The molecule has 3 nitrogen and oxygen atoms in total. The molecule has 0 aliphatic rings. The lowest BCUT2D eigenvalue weighted by Crippen LogP contribution is -2.22. The second kappa shape index (κ2) is 7.36. The molecule has 0 fully saturated rings. The van der Waals surface area contributed by atoms with E-state index in [4.69, 9.17) is 21.4 Å². The van der Waals surface area contributed by atoms with Crippen LogP contribution in [0.3, 0.4) is 0 Å². The van der Waals surface area contributed by atoms with Crippen molar-refractivity contribution in [1.82, 2.24) is 0 Å². The van der Waals surface area contributed by atoms with Crippen molar-refractivity contribution in [3.63, 3.8) is 0 Å². The first-order chi connectivity index (χ1) is 11.2. The molecule has 1 unspecified atom stereocenters. The van der Waals surface area contributed by atoms with Gasteiger partial charge in [0.25, 0.3) is 0 Å².